The minimum absolute atomic E-state index is 0.566. The Morgan fingerprint density at radius 2 is 2.29 bits per heavy atom. The van der Waals surface area contributed by atoms with Gasteiger partial charge < -0.3 is 15.5 Å². The third-order valence-electron chi connectivity index (χ3n) is 2.75. The molecule has 1 aromatic heterocycles. The molecule has 2 rings (SSSR count). The number of H-pyrrole nitrogens is 1. The van der Waals surface area contributed by atoms with Crippen molar-refractivity contribution in [1.82, 2.24) is 9.97 Å². The summed E-state index contributed by atoms with van der Waals surface area (Å²) < 4.78 is 5.33. The molecule has 4 heteroatoms. The first-order chi connectivity index (χ1) is 6.92. The summed E-state index contributed by atoms with van der Waals surface area (Å²) in [6, 6.07) is 0. The average molecular weight is 195 g/mol. The van der Waals surface area contributed by atoms with Crippen LogP contribution in [-0.4, -0.2) is 29.7 Å². The molecular formula is C10H17N3O. The summed E-state index contributed by atoms with van der Waals surface area (Å²) in [5.41, 5.74) is 7.96. The molecular weight excluding hydrogens is 178 g/mol. The monoisotopic (exact) mass is 195 g/mol. The molecule has 0 saturated carbocycles. The molecule has 0 unspecified atom stereocenters. The van der Waals surface area contributed by atoms with Gasteiger partial charge in [-0.05, 0) is 19.4 Å². The highest BCUT2D eigenvalue weighted by atomic mass is 16.5. The van der Waals surface area contributed by atoms with Gasteiger partial charge in [0.25, 0.3) is 0 Å². The van der Waals surface area contributed by atoms with Crippen LogP contribution >= 0.6 is 0 Å². The summed E-state index contributed by atoms with van der Waals surface area (Å²) in [5, 5.41) is 0. The van der Waals surface area contributed by atoms with Crippen molar-refractivity contribution in [3.05, 3.63) is 17.7 Å². The summed E-state index contributed by atoms with van der Waals surface area (Å²) in [5.74, 6) is 0.566. The van der Waals surface area contributed by atoms with E-state index < -0.39 is 0 Å². The van der Waals surface area contributed by atoms with Gasteiger partial charge in [-0.15, -0.1) is 0 Å². The van der Waals surface area contributed by atoms with E-state index >= 15 is 0 Å². The van der Waals surface area contributed by atoms with Crippen LogP contribution in [0.1, 0.15) is 30.1 Å². The SMILES string of the molecule is NCCc1[nH]cnc1C1CCOCC1. The lowest BCUT2D eigenvalue weighted by Crippen LogP contribution is -2.16. The summed E-state index contributed by atoms with van der Waals surface area (Å²) in [7, 11) is 0. The highest BCUT2D eigenvalue weighted by Crippen LogP contribution is 2.27. The molecule has 3 N–H and O–H groups in total. The molecule has 0 spiro atoms. The van der Waals surface area contributed by atoms with E-state index in [1.165, 1.54) is 11.4 Å². The lowest BCUT2D eigenvalue weighted by Gasteiger charge is -2.21. The second-order valence-electron chi connectivity index (χ2n) is 3.69. The van der Waals surface area contributed by atoms with Crippen LogP contribution in [0.3, 0.4) is 0 Å². The predicted octanol–water partition coefficient (Wildman–Crippen LogP) is 0.805. The van der Waals surface area contributed by atoms with Gasteiger partial charge >= 0.3 is 0 Å². The Morgan fingerprint density at radius 3 is 3.00 bits per heavy atom. The van der Waals surface area contributed by atoms with Gasteiger partial charge in [0, 0.05) is 31.2 Å². The Balaban J connectivity index is 2.09. The number of rotatable bonds is 3. The van der Waals surface area contributed by atoms with Gasteiger partial charge in [-0.25, -0.2) is 4.98 Å². The summed E-state index contributed by atoms with van der Waals surface area (Å²) in [4.78, 5) is 7.56. The van der Waals surface area contributed by atoms with Gasteiger partial charge in [-0.2, -0.15) is 0 Å². The minimum Gasteiger partial charge on any atom is -0.381 e. The van der Waals surface area contributed by atoms with Crippen molar-refractivity contribution in [2.75, 3.05) is 19.8 Å². The van der Waals surface area contributed by atoms with Crippen LogP contribution < -0.4 is 5.73 Å². The molecule has 0 atom stereocenters. The fraction of sp³-hybridized carbons (Fsp3) is 0.700. The first-order valence-corrected chi connectivity index (χ1v) is 5.21. The maximum atomic E-state index is 5.55. The highest BCUT2D eigenvalue weighted by Gasteiger charge is 2.20. The van der Waals surface area contributed by atoms with Crippen LogP contribution in [0.25, 0.3) is 0 Å². The normalized spacial score (nSPS) is 18.6. The van der Waals surface area contributed by atoms with E-state index in [4.69, 9.17) is 10.5 Å². The van der Waals surface area contributed by atoms with E-state index in [-0.39, 0.29) is 0 Å². The molecule has 0 radical (unpaired) electrons. The summed E-state index contributed by atoms with van der Waals surface area (Å²) in [6.45, 7) is 2.40. The van der Waals surface area contributed by atoms with Crippen molar-refractivity contribution in [1.29, 1.82) is 0 Å². The number of nitrogens with one attached hydrogen (secondary N) is 1. The van der Waals surface area contributed by atoms with Crippen LogP contribution in [-0.2, 0) is 11.2 Å². The Kier molecular flexibility index (Phi) is 3.16. The van der Waals surface area contributed by atoms with Gasteiger partial charge in [-0.1, -0.05) is 0 Å². The zero-order valence-corrected chi connectivity index (χ0v) is 8.33. The molecule has 1 aliphatic rings. The fourth-order valence-corrected chi connectivity index (χ4v) is 2.00. The zero-order chi connectivity index (χ0) is 9.80. The molecule has 4 nitrogen and oxygen atoms in total. The van der Waals surface area contributed by atoms with E-state index in [9.17, 15) is 0 Å². The molecule has 1 aliphatic heterocycles. The maximum Gasteiger partial charge on any atom is 0.0925 e. The highest BCUT2D eigenvalue weighted by molar-refractivity contribution is 5.17. The van der Waals surface area contributed by atoms with Crippen molar-refractivity contribution >= 4 is 0 Å². The zero-order valence-electron chi connectivity index (χ0n) is 8.33. The average Bonchev–Trinajstić information content (AvgIpc) is 2.68. The molecule has 1 saturated heterocycles. The van der Waals surface area contributed by atoms with Crippen LogP contribution in [0.2, 0.25) is 0 Å². The Morgan fingerprint density at radius 1 is 1.50 bits per heavy atom. The molecule has 2 heterocycles. The van der Waals surface area contributed by atoms with Crippen LogP contribution in [0, 0.1) is 0 Å². The molecule has 1 fully saturated rings. The second kappa shape index (κ2) is 4.57. The van der Waals surface area contributed by atoms with Gasteiger partial charge in [0.2, 0.25) is 0 Å². The smallest absolute Gasteiger partial charge is 0.0925 e. The fourth-order valence-electron chi connectivity index (χ4n) is 2.00. The molecule has 0 aliphatic carbocycles. The summed E-state index contributed by atoms with van der Waals surface area (Å²) in [6.07, 6.45) is 4.84. The van der Waals surface area contributed by atoms with E-state index in [1.54, 1.807) is 6.33 Å². The van der Waals surface area contributed by atoms with E-state index in [0.29, 0.717) is 12.5 Å². The Labute approximate surface area is 83.9 Å². The van der Waals surface area contributed by atoms with Gasteiger partial charge in [0.1, 0.15) is 0 Å². The van der Waals surface area contributed by atoms with E-state index in [0.717, 1.165) is 32.5 Å². The topological polar surface area (TPSA) is 63.9 Å². The molecule has 0 amide bonds. The first-order valence-electron chi connectivity index (χ1n) is 5.21. The molecule has 0 aromatic carbocycles. The minimum atomic E-state index is 0.566. The standard InChI is InChI=1S/C10H17N3O/c11-4-1-9-10(13-7-12-9)8-2-5-14-6-3-8/h7-8H,1-6,11H2,(H,12,13). The van der Waals surface area contributed by atoms with Gasteiger partial charge in [-0.3, -0.25) is 0 Å². The quantitative estimate of drug-likeness (QED) is 0.750. The first kappa shape index (κ1) is 9.68. The number of aromatic amines is 1. The van der Waals surface area contributed by atoms with Crippen LogP contribution in [0.4, 0.5) is 0 Å². The second-order valence-corrected chi connectivity index (χ2v) is 3.69. The third kappa shape index (κ3) is 1.96. The van der Waals surface area contributed by atoms with Crippen molar-refractivity contribution in [2.24, 2.45) is 5.73 Å². The Hall–Kier alpha value is -0.870. The molecule has 0 bridgehead atoms. The maximum absolute atomic E-state index is 5.55. The number of hydrogen-bond acceptors (Lipinski definition) is 3. The van der Waals surface area contributed by atoms with Gasteiger partial charge in [0.15, 0.2) is 0 Å². The lowest BCUT2D eigenvalue weighted by atomic mass is 9.94. The third-order valence-corrected chi connectivity index (χ3v) is 2.75. The van der Waals surface area contributed by atoms with E-state index in [2.05, 4.69) is 9.97 Å². The number of nitrogens with zero attached hydrogens (tertiary/aromatic N) is 1. The number of ether oxygens (including phenoxy) is 1. The van der Waals surface area contributed by atoms with Crippen LogP contribution in [0.5, 0.6) is 0 Å². The van der Waals surface area contributed by atoms with E-state index in [1.807, 2.05) is 0 Å². The number of imidazole rings is 1. The molecule has 1 aromatic rings. The summed E-state index contributed by atoms with van der Waals surface area (Å²) >= 11 is 0. The number of hydrogen-bond donors (Lipinski definition) is 2. The lowest BCUT2D eigenvalue weighted by molar-refractivity contribution is 0.0844. The van der Waals surface area contributed by atoms with Crippen molar-refractivity contribution in [2.45, 2.75) is 25.2 Å². The van der Waals surface area contributed by atoms with Crippen LogP contribution in [0.15, 0.2) is 6.33 Å². The molecule has 78 valence electrons. The van der Waals surface area contributed by atoms with Crippen molar-refractivity contribution in [3.8, 4) is 0 Å². The number of aromatic nitrogens is 2. The van der Waals surface area contributed by atoms with Gasteiger partial charge in [0.05, 0.1) is 12.0 Å². The number of nitrogens with two attached hydrogens (primary N) is 1. The van der Waals surface area contributed by atoms with Crippen molar-refractivity contribution < 1.29 is 4.74 Å². The molecule has 14 heavy (non-hydrogen) atoms. The predicted molar refractivity (Wildman–Crippen MR) is 54.1 cm³/mol. The largest absolute Gasteiger partial charge is 0.381 e. The van der Waals surface area contributed by atoms with Crippen molar-refractivity contribution in [3.63, 3.8) is 0 Å². The Bertz CT molecular complexity index is 279.